The maximum Gasteiger partial charge on any atom is 0.174 e. The molecule has 0 amide bonds. The summed E-state index contributed by atoms with van der Waals surface area (Å²) >= 11 is 3.54. The molecule has 0 aliphatic carbocycles. The van der Waals surface area contributed by atoms with Gasteiger partial charge in [0, 0.05) is 12.2 Å². The van der Waals surface area contributed by atoms with Crippen LogP contribution >= 0.6 is 15.9 Å². The van der Waals surface area contributed by atoms with Gasteiger partial charge in [-0.2, -0.15) is 0 Å². The van der Waals surface area contributed by atoms with Crippen LogP contribution in [0.5, 0.6) is 11.5 Å². The number of hydrogen-bond donors (Lipinski definition) is 1. The summed E-state index contributed by atoms with van der Waals surface area (Å²) in [5.41, 5.74) is 3.51. The van der Waals surface area contributed by atoms with E-state index in [9.17, 15) is 0 Å². The van der Waals surface area contributed by atoms with Gasteiger partial charge in [-0.25, -0.2) is 0 Å². The molecule has 2 aromatic rings. The first-order valence-electron chi connectivity index (χ1n) is 6.94. The van der Waals surface area contributed by atoms with Gasteiger partial charge in [0.15, 0.2) is 11.5 Å². The van der Waals surface area contributed by atoms with Crippen LogP contribution in [0.1, 0.15) is 18.1 Å². The highest BCUT2D eigenvalue weighted by molar-refractivity contribution is 9.10. The Morgan fingerprint density at radius 2 is 1.95 bits per heavy atom. The molecule has 0 heterocycles. The van der Waals surface area contributed by atoms with Crippen molar-refractivity contribution in [2.45, 2.75) is 20.4 Å². The molecule has 0 atom stereocenters. The third-order valence-electron chi connectivity index (χ3n) is 3.20. The third kappa shape index (κ3) is 3.91. The van der Waals surface area contributed by atoms with E-state index in [0.29, 0.717) is 6.61 Å². The first-order valence-corrected chi connectivity index (χ1v) is 7.73. The molecule has 0 aliphatic heterocycles. The number of benzene rings is 2. The molecule has 0 saturated heterocycles. The van der Waals surface area contributed by atoms with Crippen molar-refractivity contribution < 1.29 is 9.47 Å². The summed E-state index contributed by atoms with van der Waals surface area (Å²) < 4.78 is 11.9. The molecule has 0 saturated carbocycles. The largest absolute Gasteiger partial charge is 0.492 e. The summed E-state index contributed by atoms with van der Waals surface area (Å²) in [5, 5.41) is 3.45. The highest BCUT2D eigenvalue weighted by Gasteiger charge is 2.11. The first kappa shape index (κ1) is 15.7. The van der Waals surface area contributed by atoms with Gasteiger partial charge in [0.25, 0.3) is 0 Å². The molecule has 0 fully saturated rings. The van der Waals surface area contributed by atoms with E-state index in [1.54, 1.807) is 7.11 Å². The Bertz CT molecular complexity index is 614. The van der Waals surface area contributed by atoms with Crippen LogP contribution in [0.2, 0.25) is 0 Å². The standard InChI is InChI=1S/C17H20BrNO2/c1-4-21-16-10-13(9-14(18)17(16)20-3)11-19-15-8-6-5-7-12(15)2/h5-10,19H,4,11H2,1-3H3. The fourth-order valence-electron chi connectivity index (χ4n) is 2.15. The lowest BCUT2D eigenvalue weighted by atomic mass is 10.1. The molecule has 0 radical (unpaired) electrons. The zero-order valence-electron chi connectivity index (χ0n) is 12.6. The van der Waals surface area contributed by atoms with Crippen molar-refractivity contribution in [3.63, 3.8) is 0 Å². The Hall–Kier alpha value is -1.68. The monoisotopic (exact) mass is 349 g/mol. The SMILES string of the molecule is CCOc1cc(CNc2ccccc2C)cc(Br)c1OC. The molecule has 2 aromatic carbocycles. The molecular weight excluding hydrogens is 330 g/mol. The van der Waals surface area contributed by atoms with E-state index < -0.39 is 0 Å². The molecule has 3 nitrogen and oxygen atoms in total. The highest BCUT2D eigenvalue weighted by Crippen LogP contribution is 2.36. The molecule has 4 heteroatoms. The highest BCUT2D eigenvalue weighted by atomic mass is 79.9. The fraction of sp³-hybridized carbons (Fsp3) is 0.294. The van der Waals surface area contributed by atoms with Gasteiger partial charge < -0.3 is 14.8 Å². The summed E-state index contributed by atoms with van der Waals surface area (Å²) in [5.74, 6) is 1.49. The van der Waals surface area contributed by atoms with Crippen molar-refractivity contribution in [2.75, 3.05) is 19.0 Å². The Kier molecular flexibility index (Phi) is 5.51. The topological polar surface area (TPSA) is 30.5 Å². The lowest BCUT2D eigenvalue weighted by Gasteiger charge is -2.14. The minimum atomic E-state index is 0.609. The summed E-state index contributed by atoms with van der Waals surface area (Å²) in [6, 6.07) is 12.3. The molecule has 0 aliphatic rings. The molecule has 21 heavy (non-hydrogen) atoms. The third-order valence-corrected chi connectivity index (χ3v) is 3.79. The van der Waals surface area contributed by atoms with Gasteiger partial charge in [-0.05, 0) is 59.1 Å². The second kappa shape index (κ2) is 7.36. The Morgan fingerprint density at radius 1 is 1.19 bits per heavy atom. The molecule has 2 rings (SSSR count). The van der Waals surface area contributed by atoms with Crippen molar-refractivity contribution in [2.24, 2.45) is 0 Å². The number of methoxy groups -OCH3 is 1. The second-order valence-electron chi connectivity index (χ2n) is 4.71. The number of ether oxygens (including phenoxy) is 2. The van der Waals surface area contributed by atoms with Gasteiger partial charge >= 0.3 is 0 Å². The molecule has 0 bridgehead atoms. The summed E-state index contributed by atoms with van der Waals surface area (Å²) in [7, 11) is 1.65. The molecule has 112 valence electrons. The van der Waals surface area contributed by atoms with E-state index in [1.165, 1.54) is 5.56 Å². The van der Waals surface area contributed by atoms with Gasteiger partial charge in [-0.15, -0.1) is 0 Å². The maximum atomic E-state index is 5.64. The van der Waals surface area contributed by atoms with E-state index in [4.69, 9.17) is 9.47 Å². The van der Waals surface area contributed by atoms with Crippen molar-refractivity contribution in [1.29, 1.82) is 0 Å². The van der Waals surface area contributed by atoms with Crippen molar-refractivity contribution in [3.05, 3.63) is 52.0 Å². The Balaban J connectivity index is 2.19. The lowest BCUT2D eigenvalue weighted by Crippen LogP contribution is -2.03. The lowest BCUT2D eigenvalue weighted by molar-refractivity contribution is 0.309. The van der Waals surface area contributed by atoms with Gasteiger partial charge in [0.2, 0.25) is 0 Å². The molecule has 1 N–H and O–H groups in total. The first-order chi connectivity index (χ1) is 10.2. The molecule has 0 unspecified atom stereocenters. The van der Waals surface area contributed by atoms with Crippen LogP contribution in [-0.4, -0.2) is 13.7 Å². The average molecular weight is 350 g/mol. The normalized spacial score (nSPS) is 10.3. The van der Waals surface area contributed by atoms with Crippen LogP contribution in [0.3, 0.4) is 0 Å². The van der Waals surface area contributed by atoms with Crippen molar-refractivity contribution in [3.8, 4) is 11.5 Å². The summed E-state index contributed by atoms with van der Waals surface area (Å²) in [6.07, 6.45) is 0. The fourth-order valence-corrected chi connectivity index (χ4v) is 2.80. The predicted molar refractivity (Wildman–Crippen MR) is 90.4 cm³/mol. The molecule has 0 spiro atoms. The summed E-state index contributed by atoms with van der Waals surface area (Å²) in [4.78, 5) is 0. The van der Waals surface area contributed by atoms with E-state index in [1.807, 2.05) is 31.2 Å². The smallest absolute Gasteiger partial charge is 0.174 e. The zero-order chi connectivity index (χ0) is 15.2. The van der Waals surface area contributed by atoms with Crippen LogP contribution in [0.25, 0.3) is 0 Å². The number of nitrogens with one attached hydrogen (secondary N) is 1. The Morgan fingerprint density at radius 3 is 2.62 bits per heavy atom. The summed E-state index contributed by atoms with van der Waals surface area (Å²) in [6.45, 7) is 5.40. The number of aryl methyl sites for hydroxylation is 1. The number of para-hydroxylation sites is 1. The van der Waals surface area contributed by atoms with Crippen LogP contribution in [0.15, 0.2) is 40.9 Å². The van der Waals surface area contributed by atoms with Gasteiger partial charge in [-0.3, -0.25) is 0 Å². The maximum absolute atomic E-state index is 5.64. The van der Waals surface area contributed by atoms with E-state index in [0.717, 1.165) is 33.8 Å². The average Bonchev–Trinajstić information content (AvgIpc) is 2.47. The van der Waals surface area contributed by atoms with E-state index >= 15 is 0 Å². The van der Waals surface area contributed by atoms with Crippen LogP contribution in [0, 0.1) is 6.92 Å². The quantitative estimate of drug-likeness (QED) is 0.814. The number of halogens is 1. The van der Waals surface area contributed by atoms with Crippen LogP contribution in [-0.2, 0) is 6.54 Å². The van der Waals surface area contributed by atoms with E-state index in [2.05, 4.69) is 40.3 Å². The van der Waals surface area contributed by atoms with Gasteiger partial charge in [-0.1, -0.05) is 18.2 Å². The minimum absolute atomic E-state index is 0.609. The minimum Gasteiger partial charge on any atom is -0.492 e. The Labute approximate surface area is 134 Å². The number of anilines is 1. The number of rotatable bonds is 6. The number of hydrogen-bond acceptors (Lipinski definition) is 3. The van der Waals surface area contributed by atoms with E-state index in [-0.39, 0.29) is 0 Å². The molecular formula is C17H20BrNO2. The molecule has 0 aromatic heterocycles. The zero-order valence-corrected chi connectivity index (χ0v) is 14.2. The van der Waals surface area contributed by atoms with Gasteiger partial charge in [0.1, 0.15) is 0 Å². The van der Waals surface area contributed by atoms with Crippen LogP contribution < -0.4 is 14.8 Å². The van der Waals surface area contributed by atoms with Crippen molar-refractivity contribution >= 4 is 21.6 Å². The van der Waals surface area contributed by atoms with Gasteiger partial charge in [0.05, 0.1) is 18.2 Å². The predicted octanol–water partition coefficient (Wildman–Crippen LogP) is 4.78. The van der Waals surface area contributed by atoms with Crippen LogP contribution in [0.4, 0.5) is 5.69 Å². The second-order valence-corrected chi connectivity index (χ2v) is 5.56. The van der Waals surface area contributed by atoms with Crippen molar-refractivity contribution in [1.82, 2.24) is 0 Å².